The van der Waals surface area contributed by atoms with E-state index in [0.29, 0.717) is 18.5 Å². The number of nitrogens with one attached hydrogen (secondary N) is 1. The van der Waals surface area contributed by atoms with Crippen LogP contribution in [0, 0.1) is 0 Å². The van der Waals surface area contributed by atoms with Gasteiger partial charge in [0.2, 0.25) is 5.91 Å². The van der Waals surface area contributed by atoms with Crippen molar-refractivity contribution in [1.82, 2.24) is 10.2 Å². The second-order valence-corrected chi connectivity index (χ2v) is 9.70. The Morgan fingerprint density at radius 3 is 2.70 bits per heavy atom. The fourth-order valence-corrected chi connectivity index (χ4v) is 5.60. The number of piperazine rings is 1. The van der Waals surface area contributed by atoms with Crippen LogP contribution >= 0.6 is 0 Å². The van der Waals surface area contributed by atoms with Gasteiger partial charge in [-0.25, -0.2) is 4.58 Å². The Morgan fingerprint density at radius 2 is 1.91 bits per heavy atom. The summed E-state index contributed by atoms with van der Waals surface area (Å²) in [7, 11) is 1.81. The highest BCUT2D eigenvalue weighted by molar-refractivity contribution is 6.05. The highest BCUT2D eigenvalue weighted by atomic mass is 16.2. The Hall–Kier alpha value is -2.73. The third kappa shape index (κ3) is 4.67. The van der Waals surface area contributed by atoms with Gasteiger partial charge in [-0.05, 0) is 42.5 Å². The summed E-state index contributed by atoms with van der Waals surface area (Å²) in [4.78, 5) is 29.6. The molecule has 2 fully saturated rings. The highest BCUT2D eigenvalue weighted by Crippen LogP contribution is 2.39. The maximum Gasteiger partial charge on any atom is 0.251 e. The lowest BCUT2D eigenvalue weighted by Crippen LogP contribution is -2.46. The van der Waals surface area contributed by atoms with Gasteiger partial charge in [-0.3, -0.25) is 14.5 Å². The van der Waals surface area contributed by atoms with E-state index in [1.165, 1.54) is 37.7 Å². The van der Waals surface area contributed by atoms with Crippen LogP contribution in [0.4, 0.5) is 5.69 Å². The molecule has 1 saturated carbocycles. The van der Waals surface area contributed by atoms with E-state index >= 15 is 0 Å². The fraction of sp³-hybridized carbons (Fsp3) is 0.519. The van der Waals surface area contributed by atoms with Gasteiger partial charge in [-0.1, -0.05) is 24.6 Å². The SMILES string of the molecule is CN1C(=O)CC2=C(C=CC2)c2ccc(C(=O)NCCN3CC[N+](=C4CCCCC4)CC3)cc21. The largest absolute Gasteiger partial charge is 0.351 e. The van der Waals surface area contributed by atoms with Gasteiger partial charge in [-0.2, -0.15) is 0 Å². The van der Waals surface area contributed by atoms with Gasteiger partial charge in [0.05, 0.1) is 18.8 Å². The first-order chi connectivity index (χ1) is 16.1. The van der Waals surface area contributed by atoms with Crippen molar-refractivity contribution >= 4 is 28.8 Å². The Morgan fingerprint density at radius 1 is 1.12 bits per heavy atom. The van der Waals surface area contributed by atoms with Gasteiger partial charge in [0.25, 0.3) is 5.91 Å². The number of carbonyl (C=O) groups excluding carboxylic acids is 2. The number of nitrogens with zero attached hydrogens (tertiary/aromatic N) is 3. The third-order valence-corrected chi connectivity index (χ3v) is 7.64. The molecule has 1 saturated heterocycles. The summed E-state index contributed by atoms with van der Waals surface area (Å²) in [6.45, 7) is 5.87. The number of carbonyl (C=O) groups is 2. The molecule has 6 heteroatoms. The molecule has 1 aromatic rings. The van der Waals surface area contributed by atoms with Crippen molar-refractivity contribution in [2.24, 2.45) is 0 Å². The van der Waals surface area contributed by atoms with Crippen LogP contribution in [0.5, 0.6) is 0 Å². The molecule has 0 atom stereocenters. The Kier molecular flexibility index (Phi) is 6.45. The van der Waals surface area contributed by atoms with Crippen LogP contribution in [0.25, 0.3) is 5.57 Å². The van der Waals surface area contributed by atoms with Gasteiger partial charge in [0, 0.05) is 50.5 Å². The maximum absolute atomic E-state index is 12.9. The minimum atomic E-state index is -0.0736. The molecule has 33 heavy (non-hydrogen) atoms. The molecule has 0 aromatic heterocycles. The molecule has 5 rings (SSSR count). The summed E-state index contributed by atoms with van der Waals surface area (Å²) in [5, 5.41) is 3.09. The number of allylic oxidation sites excluding steroid dienone is 3. The Bertz CT molecular complexity index is 1030. The molecule has 0 unspecified atom stereocenters. The van der Waals surface area contributed by atoms with Gasteiger partial charge < -0.3 is 10.2 Å². The van der Waals surface area contributed by atoms with Crippen LogP contribution < -0.4 is 10.2 Å². The number of fused-ring (bicyclic) bond motifs is 2. The van der Waals surface area contributed by atoms with Crippen molar-refractivity contribution in [2.45, 2.75) is 44.9 Å². The molecule has 2 aliphatic carbocycles. The molecule has 1 aromatic carbocycles. The molecule has 0 spiro atoms. The van der Waals surface area contributed by atoms with E-state index in [0.717, 1.165) is 56.0 Å². The lowest BCUT2D eigenvalue weighted by Gasteiger charge is -2.27. The number of hydrogen-bond acceptors (Lipinski definition) is 3. The Balaban J connectivity index is 1.17. The van der Waals surface area contributed by atoms with Gasteiger partial charge >= 0.3 is 0 Å². The summed E-state index contributed by atoms with van der Waals surface area (Å²) >= 11 is 0. The van der Waals surface area contributed by atoms with Gasteiger partial charge in [0.1, 0.15) is 0 Å². The van der Waals surface area contributed by atoms with Crippen LogP contribution in [0.2, 0.25) is 0 Å². The van der Waals surface area contributed by atoms with Crippen LogP contribution in [0.1, 0.15) is 60.9 Å². The summed E-state index contributed by atoms with van der Waals surface area (Å²) < 4.78 is 2.60. The van der Waals surface area contributed by atoms with Crippen molar-refractivity contribution in [3.63, 3.8) is 0 Å². The van der Waals surface area contributed by atoms with Crippen LogP contribution in [0.3, 0.4) is 0 Å². The van der Waals surface area contributed by atoms with E-state index < -0.39 is 0 Å². The molecular weight excluding hydrogens is 412 g/mol. The molecule has 2 amide bonds. The molecule has 174 valence electrons. The van der Waals surface area contributed by atoms with E-state index in [9.17, 15) is 9.59 Å². The smallest absolute Gasteiger partial charge is 0.251 e. The van der Waals surface area contributed by atoms with E-state index in [1.807, 2.05) is 18.2 Å². The van der Waals surface area contributed by atoms with Crippen LogP contribution in [-0.2, 0) is 4.79 Å². The number of hydrogen-bond donors (Lipinski definition) is 1. The lowest BCUT2D eigenvalue weighted by molar-refractivity contribution is -0.542. The van der Waals surface area contributed by atoms with Crippen LogP contribution in [-0.4, -0.2) is 73.3 Å². The van der Waals surface area contributed by atoms with E-state index in [2.05, 4.69) is 26.9 Å². The standard InChI is InChI=1S/C27H34N4O2/c1-29-25-18-21(10-11-24(25)23-9-5-6-20(23)19-26(29)32)27(33)28-12-13-30-14-16-31(17-15-30)22-7-3-2-4-8-22/h5,9-11,18H,2-4,6-8,12-17,19H2,1H3/p+1. The second-order valence-electron chi connectivity index (χ2n) is 9.70. The van der Waals surface area contributed by atoms with Crippen molar-refractivity contribution in [1.29, 1.82) is 0 Å². The van der Waals surface area contributed by atoms with Gasteiger partial charge in [-0.15, -0.1) is 0 Å². The van der Waals surface area contributed by atoms with Crippen molar-refractivity contribution in [3.05, 3.63) is 47.1 Å². The Labute approximate surface area is 196 Å². The minimum absolute atomic E-state index is 0.0736. The molecule has 2 aliphatic heterocycles. The minimum Gasteiger partial charge on any atom is -0.351 e. The van der Waals surface area contributed by atoms with E-state index in [4.69, 9.17) is 0 Å². The molecule has 0 radical (unpaired) electrons. The first kappa shape index (κ1) is 22.1. The molecule has 6 nitrogen and oxygen atoms in total. The van der Waals surface area contributed by atoms with E-state index in [-0.39, 0.29) is 11.8 Å². The average molecular weight is 448 g/mol. The maximum atomic E-state index is 12.9. The number of benzene rings is 1. The summed E-state index contributed by atoms with van der Waals surface area (Å²) in [5.41, 5.74) is 6.44. The lowest BCUT2D eigenvalue weighted by atomic mass is 9.98. The van der Waals surface area contributed by atoms with Gasteiger partial charge in [0.15, 0.2) is 18.8 Å². The number of anilines is 1. The summed E-state index contributed by atoms with van der Waals surface area (Å²) in [6, 6.07) is 5.74. The molecule has 0 bridgehead atoms. The third-order valence-electron chi connectivity index (χ3n) is 7.64. The topological polar surface area (TPSA) is 55.7 Å². The van der Waals surface area contributed by atoms with Crippen molar-refractivity contribution in [3.8, 4) is 0 Å². The monoisotopic (exact) mass is 447 g/mol. The zero-order valence-corrected chi connectivity index (χ0v) is 19.7. The first-order valence-electron chi connectivity index (χ1n) is 12.5. The highest BCUT2D eigenvalue weighted by Gasteiger charge is 2.27. The zero-order valence-electron chi connectivity index (χ0n) is 19.7. The van der Waals surface area contributed by atoms with Crippen LogP contribution in [0.15, 0.2) is 35.9 Å². The zero-order chi connectivity index (χ0) is 22.8. The molecule has 2 heterocycles. The number of rotatable bonds is 4. The predicted octanol–water partition coefficient (Wildman–Crippen LogP) is 3.23. The number of amides is 2. The van der Waals surface area contributed by atoms with Crippen molar-refractivity contribution < 1.29 is 14.2 Å². The molecule has 1 N–H and O–H groups in total. The predicted molar refractivity (Wildman–Crippen MR) is 132 cm³/mol. The quantitative estimate of drug-likeness (QED) is 0.721. The second kappa shape index (κ2) is 9.64. The van der Waals surface area contributed by atoms with E-state index in [1.54, 1.807) is 17.7 Å². The molecular formula is C27H35N4O2+. The normalized spacial score (nSPS) is 21.2. The average Bonchev–Trinajstić information content (AvgIpc) is 3.28. The summed E-state index contributed by atoms with van der Waals surface area (Å²) in [5.74, 6) is 0.00324. The molecule has 4 aliphatic rings. The van der Waals surface area contributed by atoms with Crippen molar-refractivity contribution in [2.75, 3.05) is 51.2 Å². The first-order valence-corrected chi connectivity index (χ1v) is 12.5. The summed E-state index contributed by atoms with van der Waals surface area (Å²) in [6.07, 6.45) is 12.2. The fourth-order valence-electron chi connectivity index (χ4n) is 5.60.